The summed E-state index contributed by atoms with van der Waals surface area (Å²) < 4.78 is 11.5. The summed E-state index contributed by atoms with van der Waals surface area (Å²) in [5.74, 6) is 1.32. The van der Waals surface area contributed by atoms with Crippen molar-refractivity contribution in [3.8, 4) is 16.2 Å². The highest BCUT2D eigenvalue weighted by Gasteiger charge is 2.21. The number of nitrogens with one attached hydrogen (secondary N) is 1. The minimum Gasteiger partial charge on any atom is -0.483 e. The first kappa shape index (κ1) is 24.5. The van der Waals surface area contributed by atoms with Crippen LogP contribution in [0.4, 0.5) is 11.6 Å². The van der Waals surface area contributed by atoms with Gasteiger partial charge in [-0.3, -0.25) is 9.69 Å². The van der Waals surface area contributed by atoms with Crippen molar-refractivity contribution >= 4 is 28.9 Å². The molecule has 2 aliphatic heterocycles. The molecule has 6 rings (SSSR count). The van der Waals surface area contributed by atoms with Gasteiger partial charge in [0.2, 0.25) is 5.95 Å². The Morgan fingerprint density at radius 1 is 0.974 bits per heavy atom. The first-order valence-corrected chi connectivity index (χ1v) is 13.6. The summed E-state index contributed by atoms with van der Waals surface area (Å²) in [6, 6.07) is 18.1. The Morgan fingerprint density at radius 3 is 2.63 bits per heavy atom. The van der Waals surface area contributed by atoms with E-state index in [0.717, 1.165) is 66.8 Å². The lowest BCUT2D eigenvalue weighted by molar-refractivity contribution is -0.118. The smallest absolute Gasteiger partial charge is 0.262 e. The molecule has 8 nitrogen and oxygen atoms in total. The van der Waals surface area contributed by atoms with E-state index >= 15 is 0 Å². The summed E-state index contributed by atoms with van der Waals surface area (Å²) in [6.07, 6.45) is 3.56. The fraction of sp³-hybridized carbons (Fsp3) is 0.276. The van der Waals surface area contributed by atoms with E-state index in [1.54, 1.807) is 23.7 Å². The molecule has 1 amide bonds. The van der Waals surface area contributed by atoms with Gasteiger partial charge in [-0.25, -0.2) is 9.97 Å². The van der Waals surface area contributed by atoms with Crippen LogP contribution >= 0.6 is 11.3 Å². The lowest BCUT2D eigenvalue weighted by Crippen LogP contribution is -2.46. The summed E-state index contributed by atoms with van der Waals surface area (Å²) in [5.41, 5.74) is 5.28. The minimum absolute atomic E-state index is 0.0575. The molecule has 0 unspecified atom stereocenters. The van der Waals surface area contributed by atoms with Crippen LogP contribution in [0.1, 0.15) is 16.7 Å². The van der Waals surface area contributed by atoms with Gasteiger partial charge in [0.25, 0.3) is 5.91 Å². The second-order valence-electron chi connectivity index (χ2n) is 9.42. The summed E-state index contributed by atoms with van der Waals surface area (Å²) >= 11 is 1.71. The molecule has 0 spiro atoms. The standard InChI is InChI=1S/C29H29N5O3S/c35-28(32-25-6-4-22-18-36-19-24(22)16-25)20-37-26-7-5-21(27-3-1-14-38-27)15-23(26)17-33-10-12-34(13-11-33)29-30-8-2-9-31-29/h1-9,14-16H,10-13,17-20H2,(H,32,35). The monoisotopic (exact) mass is 527 g/mol. The van der Waals surface area contributed by atoms with Crippen molar-refractivity contribution < 1.29 is 14.3 Å². The number of ether oxygens (including phenoxy) is 2. The normalized spacial score (nSPS) is 15.3. The van der Waals surface area contributed by atoms with E-state index in [-0.39, 0.29) is 12.5 Å². The Labute approximate surface area is 225 Å². The number of benzene rings is 2. The third kappa shape index (κ3) is 5.70. The number of aromatic nitrogens is 2. The van der Waals surface area contributed by atoms with E-state index in [0.29, 0.717) is 13.2 Å². The van der Waals surface area contributed by atoms with E-state index in [1.165, 1.54) is 10.4 Å². The highest BCUT2D eigenvalue weighted by atomic mass is 32.1. The largest absolute Gasteiger partial charge is 0.483 e. The molecule has 2 aromatic heterocycles. The molecule has 2 aromatic carbocycles. The summed E-state index contributed by atoms with van der Waals surface area (Å²) in [6.45, 7) is 5.40. The molecular formula is C29H29N5O3S. The Morgan fingerprint density at radius 2 is 1.82 bits per heavy atom. The van der Waals surface area contributed by atoms with Crippen molar-refractivity contribution in [1.29, 1.82) is 0 Å². The second-order valence-corrected chi connectivity index (χ2v) is 10.4. The number of rotatable bonds is 8. The van der Waals surface area contributed by atoms with Crippen LogP contribution in [0.2, 0.25) is 0 Å². The van der Waals surface area contributed by atoms with E-state index < -0.39 is 0 Å². The Balaban J connectivity index is 1.12. The number of hydrogen-bond donors (Lipinski definition) is 1. The zero-order valence-corrected chi connectivity index (χ0v) is 21.8. The van der Waals surface area contributed by atoms with Gasteiger partial charge in [0, 0.05) is 61.2 Å². The van der Waals surface area contributed by atoms with Crippen LogP contribution in [-0.2, 0) is 29.3 Å². The summed E-state index contributed by atoms with van der Waals surface area (Å²) in [5, 5.41) is 5.03. The van der Waals surface area contributed by atoms with E-state index in [2.05, 4.69) is 54.7 Å². The number of piperazine rings is 1. The lowest BCUT2D eigenvalue weighted by Gasteiger charge is -2.35. The van der Waals surface area contributed by atoms with Gasteiger partial charge in [0.15, 0.2) is 6.61 Å². The molecule has 0 radical (unpaired) electrons. The Hall–Kier alpha value is -3.79. The number of thiophene rings is 1. The van der Waals surface area contributed by atoms with Crippen LogP contribution in [-0.4, -0.2) is 53.6 Å². The van der Waals surface area contributed by atoms with Crippen molar-refractivity contribution in [2.24, 2.45) is 0 Å². The van der Waals surface area contributed by atoms with Crippen LogP contribution in [0.25, 0.3) is 10.4 Å². The molecule has 2 aliphatic rings. The first-order chi connectivity index (χ1) is 18.7. The van der Waals surface area contributed by atoms with Gasteiger partial charge in [-0.15, -0.1) is 11.3 Å². The van der Waals surface area contributed by atoms with Crippen molar-refractivity contribution in [3.05, 3.63) is 89.1 Å². The van der Waals surface area contributed by atoms with E-state index in [9.17, 15) is 4.79 Å². The predicted octanol–water partition coefficient (Wildman–Crippen LogP) is 4.58. The molecule has 1 N–H and O–H groups in total. The van der Waals surface area contributed by atoms with E-state index in [4.69, 9.17) is 9.47 Å². The van der Waals surface area contributed by atoms with Gasteiger partial charge in [-0.05, 0) is 64.5 Å². The van der Waals surface area contributed by atoms with Crippen molar-refractivity contribution in [1.82, 2.24) is 14.9 Å². The van der Waals surface area contributed by atoms with Crippen LogP contribution < -0.4 is 15.0 Å². The number of amides is 1. The maximum absolute atomic E-state index is 12.7. The third-order valence-corrected chi connectivity index (χ3v) is 7.75. The van der Waals surface area contributed by atoms with Gasteiger partial charge >= 0.3 is 0 Å². The first-order valence-electron chi connectivity index (χ1n) is 12.7. The number of anilines is 2. The van der Waals surface area contributed by atoms with Gasteiger partial charge in [0.05, 0.1) is 13.2 Å². The third-order valence-electron chi connectivity index (χ3n) is 6.83. The van der Waals surface area contributed by atoms with Crippen LogP contribution in [0.3, 0.4) is 0 Å². The molecule has 0 atom stereocenters. The molecular weight excluding hydrogens is 498 g/mol. The highest BCUT2D eigenvalue weighted by molar-refractivity contribution is 7.13. The SMILES string of the molecule is O=C(COc1ccc(-c2cccs2)cc1CN1CCN(c2ncccn2)CC1)Nc1ccc2c(c1)COC2. The average Bonchev–Trinajstić information content (AvgIpc) is 3.66. The Kier molecular flexibility index (Phi) is 7.30. The predicted molar refractivity (Wildman–Crippen MR) is 148 cm³/mol. The molecule has 4 aromatic rings. The van der Waals surface area contributed by atoms with Gasteiger partial charge in [-0.2, -0.15) is 0 Å². The van der Waals surface area contributed by atoms with Gasteiger partial charge in [0.1, 0.15) is 5.75 Å². The number of carbonyl (C=O) groups excluding carboxylic acids is 1. The second kappa shape index (κ2) is 11.3. The minimum atomic E-state index is -0.186. The molecule has 4 heterocycles. The molecule has 1 saturated heterocycles. The average molecular weight is 528 g/mol. The molecule has 9 heteroatoms. The fourth-order valence-corrected chi connectivity index (χ4v) is 5.56. The molecule has 1 fully saturated rings. The molecule has 194 valence electrons. The maximum Gasteiger partial charge on any atom is 0.262 e. The molecule has 38 heavy (non-hydrogen) atoms. The van der Waals surface area contributed by atoms with Gasteiger partial charge < -0.3 is 19.7 Å². The lowest BCUT2D eigenvalue weighted by atomic mass is 10.1. The molecule has 0 aliphatic carbocycles. The molecule has 0 bridgehead atoms. The summed E-state index contributed by atoms with van der Waals surface area (Å²) in [4.78, 5) is 27.3. The Bertz CT molecular complexity index is 1390. The van der Waals surface area contributed by atoms with Crippen molar-refractivity contribution in [3.63, 3.8) is 0 Å². The molecule has 0 saturated carbocycles. The van der Waals surface area contributed by atoms with Crippen molar-refractivity contribution in [2.45, 2.75) is 19.8 Å². The maximum atomic E-state index is 12.7. The number of hydrogen-bond acceptors (Lipinski definition) is 8. The topological polar surface area (TPSA) is 79.8 Å². The van der Waals surface area contributed by atoms with Crippen molar-refractivity contribution in [2.75, 3.05) is 43.0 Å². The highest BCUT2D eigenvalue weighted by Crippen LogP contribution is 2.31. The summed E-state index contributed by atoms with van der Waals surface area (Å²) in [7, 11) is 0. The zero-order valence-electron chi connectivity index (χ0n) is 21.0. The zero-order chi connectivity index (χ0) is 25.7. The van der Waals surface area contributed by atoms with Crippen LogP contribution in [0.15, 0.2) is 72.4 Å². The number of nitrogens with zero attached hydrogens (tertiary/aromatic N) is 4. The van der Waals surface area contributed by atoms with Gasteiger partial charge in [-0.1, -0.05) is 12.1 Å². The number of fused-ring (bicyclic) bond motifs is 1. The van der Waals surface area contributed by atoms with Crippen LogP contribution in [0.5, 0.6) is 5.75 Å². The van der Waals surface area contributed by atoms with Crippen LogP contribution in [0, 0.1) is 0 Å². The fourth-order valence-electron chi connectivity index (χ4n) is 4.83. The quantitative estimate of drug-likeness (QED) is 0.359. The van der Waals surface area contributed by atoms with E-state index in [1.807, 2.05) is 30.3 Å². The number of carbonyl (C=O) groups is 1.